The molecule has 6 nitrogen and oxygen atoms in total. The Balaban J connectivity index is 2.04. The summed E-state index contributed by atoms with van der Waals surface area (Å²) in [6.07, 6.45) is 0. The van der Waals surface area contributed by atoms with E-state index in [4.69, 9.17) is 0 Å². The molecular formula is C13H16BrF2N3O3S. The summed E-state index contributed by atoms with van der Waals surface area (Å²) in [6, 6.07) is 1.30. The maximum Gasteiger partial charge on any atom is 0.244 e. The molecule has 0 spiro atoms. The minimum absolute atomic E-state index is 0.178. The molecule has 1 aliphatic rings. The average Bonchev–Trinajstić information content (AvgIpc) is 2.49. The van der Waals surface area contributed by atoms with Crippen LogP contribution in [0.15, 0.2) is 21.5 Å². The number of hydrogen-bond donors (Lipinski definition) is 1. The smallest absolute Gasteiger partial charge is 0.244 e. The van der Waals surface area contributed by atoms with Crippen LogP contribution in [0.3, 0.4) is 0 Å². The molecule has 1 heterocycles. The maximum absolute atomic E-state index is 13.7. The molecular weight excluding hydrogens is 396 g/mol. The van der Waals surface area contributed by atoms with Gasteiger partial charge in [0.05, 0.1) is 11.0 Å². The molecule has 1 amide bonds. The first-order valence-corrected chi connectivity index (χ1v) is 9.09. The Morgan fingerprint density at radius 2 is 1.83 bits per heavy atom. The second kappa shape index (κ2) is 7.20. The van der Waals surface area contributed by atoms with Crippen molar-refractivity contribution in [1.29, 1.82) is 0 Å². The third-order valence-electron chi connectivity index (χ3n) is 3.53. The van der Waals surface area contributed by atoms with Crippen LogP contribution in [-0.2, 0) is 14.8 Å². The van der Waals surface area contributed by atoms with Gasteiger partial charge >= 0.3 is 0 Å². The molecule has 23 heavy (non-hydrogen) atoms. The number of rotatable bonds is 4. The van der Waals surface area contributed by atoms with Crippen molar-refractivity contribution >= 4 is 31.9 Å². The van der Waals surface area contributed by atoms with Gasteiger partial charge in [0.2, 0.25) is 15.9 Å². The van der Waals surface area contributed by atoms with Gasteiger partial charge in [-0.2, -0.15) is 0 Å². The van der Waals surface area contributed by atoms with Crippen molar-refractivity contribution in [3.63, 3.8) is 0 Å². The largest absolute Gasteiger partial charge is 0.339 e. The number of carbonyl (C=O) groups is 1. The lowest BCUT2D eigenvalue weighted by Gasteiger charge is -2.32. The van der Waals surface area contributed by atoms with E-state index in [1.54, 1.807) is 0 Å². The predicted molar refractivity (Wildman–Crippen MR) is 83.3 cm³/mol. The van der Waals surface area contributed by atoms with E-state index in [0.29, 0.717) is 32.2 Å². The van der Waals surface area contributed by atoms with Gasteiger partial charge in [0.15, 0.2) is 0 Å². The van der Waals surface area contributed by atoms with Gasteiger partial charge < -0.3 is 9.80 Å². The van der Waals surface area contributed by atoms with Crippen molar-refractivity contribution in [3.8, 4) is 0 Å². The molecule has 1 aliphatic heterocycles. The van der Waals surface area contributed by atoms with E-state index >= 15 is 0 Å². The van der Waals surface area contributed by atoms with Crippen molar-refractivity contribution in [2.45, 2.75) is 4.90 Å². The molecule has 1 aromatic carbocycles. The minimum Gasteiger partial charge on any atom is -0.339 e. The summed E-state index contributed by atoms with van der Waals surface area (Å²) in [7, 11) is -2.39. The van der Waals surface area contributed by atoms with Gasteiger partial charge in [-0.3, -0.25) is 4.79 Å². The number of piperazine rings is 1. The van der Waals surface area contributed by atoms with Gasteiger partial charge in [0.1, 0.15) is 16.5 Å². The SMILES string of the molecule is CN1CCN(C(=O)CNS(=O)(=O)c2cc(F)c(Br)cc2F)CC1. The van der Waals surface area contributed by atoms with Gasteiger partial charge in [-0.05, 0) is 35.1 Å². The number of likely N-dealkylation sites (N-methyl/N-ethyl adjacent to an activating group) is 1. The van der Waals surface area contributed by atoms with Crippen LogP contribution in [-0.4, -0.2) is 63.9 Å². The fourth-order valence-corrected chi connectivity index (χ4v) is 3.47. The molecule has 0 aliphatic carbocycles. The molecule has 0 radical (unpaired) electrons. The summed E-state index contributed by atoms with van der Waals surface area (Å²) in [5.74, 6) is -2.41. The topological polar surface area (TPSA) is 69.7 Å². The fraction of sp³-hybridized carbons (Fsp3) is 0.462. The second-order valence-corrected chi connectivity index (χ2v) is 7.80. The highest BCUT2D eigenvalue weighted by molar-refractivity contribution is 9.10. The zero-order valence-electron chi connectivity index (χ0n) is 12.4. The number of hydrogen-bond acceptors (Lipinski definition) is 4. The normalized spacial score (nSPS) is 16.6. The Morgan fingerprint density at radius 1 is 1.22 bits per heavy atom. The molecule has 128 valence electrons. The van der Waals surface area contributed by atoms with E-state index in [1.165, 1.54) is 4.90 Å². The fourth-order valence-electron chi connectivity index (χ4n) is 2.11. The molecule has 0 aromatic heterocycles. The number of benzene rings is 1. The monoisotopic (exact) mass is 411 g/mol. The number of nitrogens with one attached hydrogen (secondary N) is 1. The first kappa shape index (κ1) is 18.2. The second-order valence-electron chi connectivity index (χ2n) is 5.21. The first-order valence-electron chi connectivity index (χ1n) is 6.81. The Morgan fingerprint density at radius 3 is 2.43 bits per heavy atom. The van der Waals surface area contributed by atoms with Gasteiger partial charge in [0, 0.05) is 26.2 Å². The quantitative estimate of drug-likeness (QED) is 0.743. The highest BCUT2D eigenvalue weighted by Crippen LogP contribution is 2.22. The zero-order chi connectivity index (χ0) is 17.2. The van der Waals surface area contributed by atoms with Crippen LogP contribution in [0.1, 0.15) is 0 Å². The summed E-state index contributed by atoms with van der Waals surface area (Å²) in [5.41, 5.74) is 0. The predicted octanol–water partition coefficient (Wildman–Crippen LogP) is 0.780. The zero-order valence-corrected chi connectivity index (χ0v) is 14.8. The molecule has 0 unspecified atom stereocenters. The lowest BCUT2D eigenvalue weighted by molar-refractivity contribution is -0.131. The van der Waals surface area contributed by atoms with Crippen molar-refractivity contribution in [1.82, 2.24) is 14.5 Å². The van der Waals surface area contributed by atoms with Crippen molar-refractivity contribution < 1.29 is 22.0 Å². The first-order chi connectivity index (χ1) is 10.7. The molecule has 0 bridgehead atoms. The average molecular weight is 412 g/mol. The van der Waals surface area contributed by atoms with Crippen LogP contribution in [0.2, 0.25) is 0 Å². The van der Waals surface area contributed by atoms with E-state index in [2.05, 4.69) is 15.9 Å². The molecule has 1 N–H and O–H groups in total. The number of carbonyl (C=O) groups excluding carboxylic acids is 1. The number of nitrogens with zero attached hydrogens (tertiary/aromatic N) is 2. The van der Waals surface area contributed by atoms with Crippen LogP contribution in [0.4, 0.5) is 8.78 Å². The summed E-state index contributed by atoms with van der Waals surface area (Å²) in [4.78, 5) is 14.7. The number of halogens is 3. The molecule has 2 rings (SSSR count). The highest BCUT2D eigenvalue weighted by Gasteiger charge is 2.24. The van der Waals surface area contributed by atoms with E-state index in [0.717, 1.165) is 6.07 Å². The van der Waals surface area contributed by atoms with E-state index in [-0.39, 0.29) is 4.47 Å². The van der Waals surface area contributed by atoms with Gasteiger partial charge in [-0.1, -0.05) is 0 Å². The van der Waals surface area contributed by atoms with Crippen LogP contribution in [0.25, 0.3) is 0 Å². The van der Waals surface area contributed by atoms with E-state index in [1.807, 2.05) is 16.7 Å². The van der Waals surface area contributed by atoms with Crippen LogP contribution >= 0.6 is 15.9 Å². The Labute approximate surface area is 141 Å². The summed E-state index contributed by atoms with van der Waals surface area (Å²) < 4.78 is 53.1. The summed E-state index contributed by atoms with van der Waals surface area (Å²) >= 11 is 2.77. The van der Waals surface area contributed by atoms with Crippen LogP contribution < -0.4 is 4.72 Å². The molecule has 0 atom stereocenters. The Bertz CT molecular complexity index is 707. The Hall–Kier alpha value is -1.10. The third-order valence-corrected chi connectivity index (χ3v) is 5.56. The van der Waals surface area contributed by atoms with E-state index < -0.39 is 39.0 Å². The molecule has 1 fully saturated rings. The maximum atomic E-state index is 13.7. The van der Waals surface area contributed by atoms with Crippen LogP contribution in [0.5, 0.6) is 0 Å². The van der Waals surface area contributed by atoms with Crippen molar-refractivity contribution in [2.75, 3.05) is 39.8 Å². The highest BCUT2D eigenvalue weighted by atomic mass is 79.9. The van der Waals surface area contributed by atoms with Crippen molar-refractivity contribution in [2.24, 2.45) is 0 Å². The summed E-state index contributed by atoms with van der Waals surface area (Å²) in [5, 5.41) is 0. The molecule has 10 heteroatoms. The van der Waals surface area contributed by atoms with E-state index in [9.17, 15) is 22.0 Å². The lowest BCUT2D eigenvalue weighted by Crippen LogP contribution is -2.50. The van der Waals surface area contributed by atoms with Gasteiger partial charge in [-0.25, -0.2) is 21.9 Å². The molecule has 0 saturated carbocycles. The lowest BCUT2D eigenvalue weighted by atomic mass is 10.3. The number of sulfonamides is 1. The van der Waals surface area contributed by atoms with Gasteiger partial charge in [0.25, 0.3) is 0 Å². The summed E-state index contributed by atoms with van der Waals surface area (Å²) in [6.45, 7) is 1.90. The Kier molecular flexibility index (Phi) is 5.71. The number of amides is 1. The van der Waals surface area contributed by atoms with Crippen LogP contribution in [0, 0.1) is 11.6 Å². The van der Waals surface area contributed by atoms with Crippen molar-refractivity contribution in [3.05, 3.63) is 28.2 Å². The van der Waals surface area contributed by atoms with Gasteiger partial charge in [-0.15, -0.1) is 0 Å². The third kappa shape index (κ3) is 4.46. The molecule has 1 aromatic rings. The minimum atomic E-state index is -4.32. The standard InChI is InChI=1S/C13H16BrF2N3O3S/c1-18-2-4-19(5-3-18)13(20)8-17-23(21,22)12-7-10(15)9(14)6-11(12)16/h6-7,17H,2-5,8H2,1H3. The molecule has 1 saturated heterocycles.